The van der Waals surface area contributed by atoms with Crippen molar-refractivity contribution in [3.63, 3.8) is 0 Å². The first-order valence-electron chi connectivity index (χ1n) is 4.53. The van der Waals surface area contributed by atoms with Crippen molar-refractivity contribution in [2.45, 2.75) is 13.8 Å². The summed E-state index contributed by atoms with van der Waals surface area (Å²) >= 11 is 0. The summed E-state index contributed by atoms with van der Waals surface area (Å²) in [7, 11) is 0. The molecule has 0 aromatic heterocycles. The minimum absolute atomic E-state index is 0.625. The summed E-state index contributed by atoms with van der Waals surface area (Å²) in [5, 5.41) is 0. The van der Waals surface area contributed by atoms with E-state index < -0.39 is 0 Å². The van der Waals surface area contributed by atoms with Crippen LogP contribution in [0.1, 0.15) is 13.8 Å². The number of rotatable bonds is 0. The minimum Gasteiger partial charge on any atom is -0.0808 e. The van der Waals surface area contributed by atoms with Crippen molar-refractivity contribution in [2.24, 2.45) is 11.8 Å². The van der Waals surface area contributed by atoms with Crippen LogP contribution in [0, 0.1) is 11.8 Å². The van der Waals surface area contributed by atoms with E-state index in [-0.39, 0.29) is 0 Å². The smallest absolute Gasteiger partial charge is 0.00840 e. The monoisotopic (exact) mass is 158 g/mol. The van der Waals surface area contributed by atoms with E-state index in [1.54, 1.807) is 0 Å². The molecule has 0 saturated heterocycles. The van der Waals surface area contributed by atoms with Crippen molar-refractivity contribution in [1.82, 2.24) is 0 Å². The summed E-state index contributed by atoms with van der Waals surface area (Å²) in [5.41, 5.74) is 2.92. The van der Waals surface area contributed by atoms with Crippen LogP contribution in [0.4, 0.5) is 0 Å². The molecule has 2 aliphatic rings. The van der Waals surface area contributed by atoms with Crippen LogP contribution in [0.3, 0.4) is 0 Å². The Kier molecular flexibility index (Phi) is 1.76. The highest BCUT2D eigenvalue weighted by Gasteiger charge is 2.21. The van der Waals surface area contributed by atoms with Crippen molar-refractivity contribution < 1.29 is 0 Å². The summed E-state index contributed by atoms with van der Waals surface area (Å²) in [6.45, 7) is 4.46. The van der Waals surface area contributed by atoms with Gasteiger partial charge in [-0.2, -0.15) is 0 Å². The van der Waals surface area contributed by atoms with Crippen LogP contribution >= 0.6 is 0 Å². The fraction of sp³-hybridized carbons (Fsp3) is 0.333. The predicted octanol–water partition coefficient (Wildman–Crippen LogP) is 3.25. The fourth-order valence-corrected chi connectivity index (χ4v) is 1.93. The zero-order chi connectivity index (χ0) is 8.55. The van der Waals surface area contributed by atoms with E-state index in [0.29, 0.717) is 11.8 Å². The topological polar surface area (TPSA) is 0 Å². The Labute approximate surface area is 74.0 Å². The lowest BCUT2D eigenvalue weighted by Gasteiger charge is -2.14. The average Bonchev–Trinajstić information content (AvgIpc) is 2.30. The average molecular weight is 158 g/mol. The van der Waals surface area contributed by atoms with E-state index >= 15 is 0 Å². The Morgan fingerprint density at radius 1 is 1.08 bits per heavy atom. The molecule has 0 heteroatoms. The van der Waals surface area contributed by atoms with Gasteiger partial charge in [-0.05, 0) is 24.0 Å². The van der Waals surface area contributed by atoms with Crippen LogP contribution in [-0.2, 0) is 0 Å². The lowest BCUT2D eigenvalue weighted by Crippen LogP contribution is -2.05. The molecule has 0 aromatic rings. The zero-order valence-electron chi connectivity index (χ0n) is 7.62. The summed E-state index contributed by atoms with van der Waals surface area (Å²) in [5.74, 6) is 1.27. The van der Waals surface area contributed by atoms with Gasteiger partial charge in [0.1, 0.15) is 0 Å². The summed E-state index contributed by atoms with van der Waals surface area (Å²) in [6.07, 6.45) is 13.4. The van der Waals surface area contributed by atoms with Gasteiger partial charge < -0.3 is 0 Å². The van der Waals surface area contributed by atoms with Crippen molar-refractivity contribution >= 4 is 0 Å². The third-order valence-electron chi connectivity index (χ3n) is 2.74. The maximum Gasteiger partial charge on any atom is 0.00840 e. The molecule has 2 aliphatic carbocycles. The van der Waals surface area contributed by atoms with Gasteiger partial charge in [-0.25, -0.2) is 0 Å². The first kappa shape index (κ1) is 7.60. The molecule has 0 nitrogen and oxygen atoms in total. The Morgan fingerprint density at radius 3 is 2.75 bits per heavy atom. The zero-order valence-corrected chi connectivity index (χ0v) is 7.62. The van der Waals surface area contributed by atoms with Crippen molar-refractivity contribution in [1.29, 1.82) is 0 Å². The van der Waals surface area contributed by atoms with Gasteiger partial charge in [-0.1, -0.05) is 43.4 Å². The fourth-order valence-electron chi connectivity index (χ4n) is 1.93. The van der Waals surface area contributed by atoms with Gasteiger partial charge >= 0.3 is 0 Å². The molecule has 62 valence electrons. The highest BCUT2D eigenvalue weighted by Crippen LogP contribution is 2.33. The molecule has 0 saturated carbocycles. The Hall–Kier alpha value is -1.04. The molecule has 0 spiro atoms. The van der Waals surface area contributed by atoms with Gasteiger partial charge in [0.05, 0.1) is 0 Å². The highest BCUT2D eigenvalue weighted by molar-refractivity contribution is 5.44. The largest absolute Gasteiger partial charge is 0.0808 e. The van der Waals surface area contributed by atoms with Gasteiger partial charge in [-0.15, -0.1) is 0 Å². The molecule has 0 N–H and O–H groups in total. The standard InChI is InChI=1S/C12H14/c1-9-5-3-4-6-11-10(2)7-8-12(9)11/h3-9,12H,1-2H3/t9-,12-/m0/s1. The highest BCUT2D eigenvalue weighted by atomic mass is 14.3. The van der Waals surface area contributed by atoms with Gasteiger partial charge in [0, 0.05) is 5.92 Å². The summed E-state index contributed by atoms with van der Waals surface area (Å²) < 4.78 is 0. The molecule has 0 unspecified atom stereocenters. The van der Waals surface area contributed by atoms with Crippen molar-refractivity contribution in [3.05, 3.63) is 47.6 Å². The molecule has 12 heavy (non-hydrogen) atoms. The van der Waals surface area contributed by atoms with E-state index in [1.165, 1.54) is 11.1 Å². The van der Waals surface area contributed by atoms with Crippen molar-refractivity contribution in [3.8, 4) is 0 Å². The van der Waals surface area contributed by atoms with E-state index in [9.17, 15) is 0 Å². The minimum atomic E-state index is 0.625. The molecular weight excluding hydrogens is 144 g/mol. The third-order valence-corrected chi connectivity index (χ3v) is 2.74. The molecule has 0 radical (unpaired) electrons. The molecule has 0 heterocycles. The Balaban J connectivity index is 2.41. The molecular formula is C12H14. The molecule has 0 amide bonds. The van der Waals surface area contributed by atoms with E-state index in [1.807, 2.05) is 0 Å². The lowest BCUT2D eigenvalue weighted by molar-refractivity contribution is 0.601. The number of allylic oxidation sites excluding steroid dienone is 8. The summed E-state index contributed by atoms with van der Waals surface area (Å²) in [6, 6.07) is 0. The van der Waals surface area contributed by atoms with Gasteiger partial charge in [-0.3, -0.25) is 0 Å². The Morgan fingerprint density at radius 2 is 1.92 bits per heavy atom. The van der Waals surface area contributed by atoms with E-state index in [2.05, 4.69) is 50.3 Å². The molecule has 0 aromatic carbocycles. The molecule has 0 fully saturated rings. The van der Waals surface area contributed by atoms with Crippen LogP contribution < -0.4 is 0 Å². The molecule has 2 rings (SSSR count). The second-order valence-corrected chi connectivity index (χ2v) is 3.63. The van der Waals surface area contributed by atoms with Crippen LogP contribution in [0.25, 0.3) is 0 Å². The normalized spacial score (nSPS) is 32.5. The predicted molar refractivity (Wildman–Crippen MR) is 52.8 cm³/mol. The number of fused-ring (bicyclic) bond motifs is 1. The van der Waals surface area contributed by atoms with E-state index in [4.69, 9.17) is 0 Å². The van der Waals surface area contributed by atoms with Crippen LogP contribution in [-0.4, -0.2) is 0 Å². The van der Waals surface area contributed by atoms with Crippen LogP contribution in [0.15, 0.2) is 47.6 Å². The number of hydrogen-bond acceptors (Lipinski definition) is 0. The maximum absolute atomic E-state index is 2.31. The first-order valence-corrected chi connectivity index (χ1v) is 4.53. The van der Waals surface area contributed by atoms with Gasteiger partial charge in [0.25, 0.3) is 0 Å². The molecule has 0 aliphatic heterocycles. The third kappa shape index (κ3) is 1.08. The molecule has 2 atom stereocenters. The Bertz CT molecular complexity index is 300. The van der Waals surface area contributed by atoms with Crippen LogP contribution in [0.2, 0.25) is 0 Å². The quantitative estimate of drug-likeness (QED) is 0.507. The maximum atomic E-state index is 2.31. The SMILES string of the molecule is CC1=C2C=CC=C[C@H](C)[C@@H]2C=C1. The van der Waals surface area contributed by atoms with E-state index in [0.717, 1.165) is 0 Å². The second kappa shape index (κ2) is 2.78. The number of hydrogen-bond donors (Lipinski definition) is 0. The second-order valence-electron chi connectivity index (χ2n) is 3.63. The lowest BCUT2D eigenvalue weighted by atomic mass is 9.89. The van der Waals surface area contributed by atoms with Crippen LogP contribution in [0.5, 0.6) is 0 Å². The summed E-state index contributed by atoms with van der Waals surface area (Å²) in [4.78, 5) is 0. The molecule has 0 bridgehead atoms. The van der Waals surface area contributed by atoms with Gasteiger partial charge in [0.2, 0.25) is 0 Å². The first-order chi connectivity index (χ1) is 5.79. The van der Waals surface area contributed by atoms with Crippen molar-refractivity contribution in [2.75, 3.05) is 0 Å². The van der Waals surface area contributed by atoms with Gasteiger partial charge in [0.15, 0.2) is 0 Å².